The Morgan fingerprint density at radius 3 is 2.90 bits per heavy atom. The van der Waals surface area contributed by atoms with Crippen molar-refractivity contribution in [2.24, 2.45) is 0 Å². The van der Waals surface area contributed by atoms with Gasteiger partial charge in [0.2, 0.25) is 0 Å². The van der Waals surface area contributed by atoms with Gasteiger partial charge in [-0.15, -0.1) is 0 Å². The maximum Gasteiger partial charge on any atom is 0.324 e. The van der Waals surface area contributed by atoms with E-state index in [9.17, 15) is 10.1 Å². The second-order valence-corrected chi connectivity index (χ2v) is 5.34. The van der Waals surface area contributed by atoms with Crippen LogP contribution in [0.2, 0.25) is 0 Å². The Bertz CT molecular complexity index is 600. The van der Waals surface area contributed by atoms with Crippen LogP contribution in [0.1, 0.15) is 5.56 Å². The Kier molecular flexibility index (Phi) is 5.07. The molecule has 2 aromatic rings. The lowest BCUT2D eigenvalue weighted by Crippen LogP contribution is -2.21. The number of pyridine rings is 1. The number of rotatable bonds is 7. The minimum Gasteiger partial charge on any atom is -0.395 e. The number of nitrogens with zero attached hydrogens (tertiary/aromatic N) is 3. The third-order valence-corrected chi connectivity index (χ3v) is 3.85. The molecular formula is C13H16N4O3S. The van der Waals surface area contributed by atoms with Gasteiger partial charge in [0, 0.05) is 31.6 Å². The highest BCUT2D eigenvalue weighted by atomic mass is 32.1. The molecule has 0 fully saturated rings. The molecule has 8 heteroatoms. The molecular weight excluding hydrogens is 292 g/mol. The zero-order chi connectivity index (χ0) is 15.2. The summed E-state index contributed by atoms with van der Waals surface area (Å²) in [5, 5.41) is 24.5. The van der Waals surface area contributed by atoms with E-state index in [4.69, 9.17) is 5.11 Å². The summed E-state index contributed by atoms with van der Waals surface area (Å²) in [5.41, 5.74) is 1.77. The molecule has 2 N–H and O–H groups in total. The topological polar surface area (TPSA) is 91.5 Å². The summed E-state index contributed by atoms with van der Waals surface area (Å²) in [4.78, 5) is 16.4. The number of nitro groups is 1. The molecule has 2 rings (SSSR count). The van der Waals surface area contributed by atoms with Gasteiger partial charge in [-0.25, -0.2) is 4.98 Å². The summed E-state index contributed by atoms with van der Waals surface area (Å²) < 4.78 is 0. The number of aromatic nitrogens is 1. The Labute approximate surface area is 126 Å². The second kappa shape index (κ2) is 7.00. The van der Waals surface area contributed by atoms with Crippen molar-refractivity contribution in [1.82, 2.24) is 4.98 Å². The van der Waals surface area contributed by atoms with Crippen molar-refractivity contribution in [3.63, 3.8) is 0 Å². The fraction of sp³-hybridized carbons (Fsp3) is 0.308. The van der Waals surface area contributed by atoms with E-state index in [0.29, 0.717) is 18.9 Å². The minimum atomic E-state index is -0.391. The van der Waals surface area contributed by atoms with Crippen LogP contribution >= 0.6 is 11.3 Å². The molecule has 0 unspecified atom stereocenters. The maximum absolute atomic E-state index is 10.6. The van der Waals surface area contributed by atoms with Crippen molar-refractivity contribution in [3.05, 3.63) is 45.5 Å². The van der Waals surface area contributed by atoms with Gasteiger partial charge in [-0.05, 0) is 17.7 Å². The van der Waals surface area contributed by atoms with Crippen molar-refractivity contribution in [2.75, 3.05) is 30.4 Å². The van der Waals surface area contributed by atoms with E-state index in [-0.39, 0.29) is 11.6 Å². The first-order valence-electron chi connectivity index (χ1n) is 6.34. The lowest BCUT2D eigenvalue weighted by molar-refractivity contribution is -0.380. The molecule has 0 saturated heterocycles. The summed E-state index contributed by atoms with van der Waals surface area (Å²) in [6.07, 6.45) is 1.72. The molecule has 0 bridgehead atoms. The highest BCUT2D eigenvalue weighted by Gasteiger charge is 2.09. The zero-order valence-corrected chi connectivity index (χ0v) is 12.3. The maximum atomic E-state index is 10.6. The molecule has 0 spiro atoms. The number of aliphatic hydroxyl groups excluding tert-OH is 1. The zero-order valence-electron chi connectivity index (χ0n) is 11.5. The third-order valence-electron chi connectivity index (χ3n) is 2.92. The molecule has 0 radical (unpaired) electrons. The molecule has 0 aliphatic carbocycles. The van der Waals surface area contributed by atoms with E-state index in [1.165, 1.54) is 0 Å². The normalized spacial score (nSPS) is 10.4. The van der Waals surface area contributed by atoms with Gasteiger partial charge in [-0.3, -0.25) is 10.1 Å². The van der Waals surface area contributed by atoms with E-state index in [1.54, 1.807) is 17.6 Å². The second-order valence-electron chi connectivity index (χ2n) is 4.45. The van der Waals surface area contributed by atoms with Gasteiger partial charge in [-0.2, -0.15) is 0 Å². The minimum absolute atomic E-state index is 0.0907. The van der Waals surface area contributed by atoms with Crippen molar-refractivity contribution in [1.29, 1.82) is 0 Å². The predicted octanol–water partition coefficient (Wildman–Crippen LogP) is 2.09. The van der Waals surface area contributed by atoms with Crippen LogP contribution in [-0.4, -0.2) is 35.2 Å². The SMILES string of the molecule is CN(CCO)c1ccc(NCc2csc([N+](=O)[O-])c2)nc1. The molecule has 112 valence electrons. The summed E-state index contributed by atoms with van der Waals surface area (Å²) in [7, 11) is 1.88. The number of likely N-dealkylation sites (N-methyl/N-ethyl adjacent to an activating group) is 1. The lowest BCUT2D eigenvalue weighted by Gasteiger charge is -2.17. The first-order valence-corrected chi connectivity index (χ1v) is 7.22. The molecule has 0 amide bonds. The monoisotopic (exact) mass is 308 g/mol. The van der Waals surface area contributed by atoms with Crippen molar-refractivity contribution < 1.29 is 10.0 Å². The number of nitrogens with one attached hydrogen (secondary N) is 1. The highest BCUT2D eigenvalue weighted by molar-refractivity contribution is 7.13. The van der Waals surface area contributed by atoms with Crippen LogP contribution in [0.25, 0.3) is 0 Å². The Balaban J connectivity index is 1.92. The molecule has 0 aliphatic rings. The van der Waals surface area contributed by atoms with Gasteiger partial charge in [0.1, 0.15) is 5.82 Å². The molecule has 21 heavy (non-hydrogen) atoms. The van der Waals surface area contributed by atoms with Gasteiger partial charge in [0.25, 0.3) is 0 Å². The van der Waals surface area contributed by atoms with E-state index in [2.05, 4.69) is 10.3 Å². The van der Waals surface area contributed by atoms with Crippen LogP contribution < -0.4 is 10.2 Å². The van der Waals surface area contributed by atoms with E-state index < -0.39 is 4.92 Å². The molecule has 0 saturated carbocycles. The first kappa shape index (κ1) is 15.2. The quantitative estimate of drug-likeness (QED) is 0.601. The van der Waals surface area contributed by atoms with Crippen LogP contribution in [0.15, 0.2) is 29.8 Å². The van der Waals surface area contributed by atoms with E-state index in [0.717, 1.165) is 22.6 Å². The average molecular weight is 308 g/mol. The summed E-state index contributed by atoms with van der Waals surface area (Å²) >= 11 is 1.11. The van der Waals surface area contributed by atoms with Gasteiger partial charge >= 0.3 is 5.00 Å². The van der Waals surface area contributed by atoms with Gasteiger partial charge in [-0.1, -0.05) is 11.3 Å². The highest BCUT2D eigenvalue weighted by Crippen LogP contribution is 2.23. The molecule has 0 atom stereocenters. The van der Waals surface area contributed by atoms with Crippen LogP contribution in [0.5, 0.6) is 0 Å². The predicted molar refractivity (Wildman–Crippen MR) is 82.9 cm³/mol. The van der Waals surface area contributed by atoms with E-state index >= 15 is 0 Å². The lowest BCUT2D eigenvalue weighted by atomic mass is 10.3. The smallest absolute Gasteiger partial charge is 0.324 e. The summed E-state index contributed by atoms with van der Waals surface area (Å²) in [5.74, 6) is 0.699. The van der Waals surface area contributed by atoms with Gasteiger partial charge < -0.3 is 15.3 Å². The van der Waals surface area contributed by atoms with Crippen LogP contribution in [0.4, 0.5) is 16.5 Å². The van der Waals surface area contributed by atoms with Crippen LogP contribution in [-0.2, 0) is 6.54 Å². The molecule has 0 aliphatic heterocycles. The Hall–Kier alpha value is -2.19. The fourth-order valence-electron chi connectivity index (χ4n) is 1.74. The van der Waals surface area contributed by atoms with Crippen molar-refractivity contribution in [3.8, 4) is 0 Å². The van der Waals surface area contributed by atoms with Crippen LogP contribution in [0.3, 0.4) is 0 Å². The van der Waals surface area contributed by atoms with Crippen molar-refractivity contribution >= 4 is 27.8 Å². The largest absolute Gasteiger partial charge is 0.395 e. The average Bonchev–Trinajstić information content (AvgIpc) is 2.95. The molecule has 7 nitrogen and oxygen atoms in total. The number of aliphatic hydroxyl groups is 1. The standard InChI is InChI=1S/C13H16N4O3S/c1-16(4-5-18)11-2-3-12(15-8-11)14-7-10-6-13(17(19)20)21-9-10/h2-3,6,8-9,18H,4-5,7H2,1H3,(H,14,15). The third kappa shape index (κ3) is 4.14. The molecule has 0 aromatic carbocycles. The fourth-order valence-corrected chi connectivity index (χ4v) is 2.47. The molecule has 2 heterocycles. The molecule has 2 aromatic heterocycles. The number of hydrogen-bond acceptors (Lipinski definition) is 7. The van der Waals surface area contributed by atoms with Gasteiger partial charge in [0.05, 0.1) is 23.4 Å². The number of thiophene rings is 1. The Morgan fingerprint density at radius 1 is 1.52 bits per heavy atom. The summed E-state index contributed by atoms with van der Waals surface area (Å²) in [6.45, 7) is 1.13. The van der Waals surface area contributed by atoms with Crippen molar-refractivity contribution in [2.45, 2.75) is 6.54 Å². The first-order chi connectivity index (χ1) is 10.1. The Morgan fingerprint density at radius 2 is 2.33 bits per heavy atom. The van der Waals surface area contributed by atoms with Gasteiger partial charge in [0.15, 0.2) is 0 Å². The van der Waals surface area contributed by atoms with Crippen LogP contribution in [0, 0.1) is 10.1 Å². The number of anilines is 2. The number of hydrogen-bond donors (Lipinski definition) is 2. The van der Waals surface area contributed by atoms with E-state index in [1.807, 2.05) is 24.1 Å². The summed E-state index contributed by atoms with van der Waals surface area (Å²) in [6, 6.07) is 5.30.